The van der Waals surface area contributed by atoms with Gasteiger partial charge in [-0.2, -0.15) is 0 Å². The molecule has 0 aliphatic rings. The molecule has 1 atom stereocenters. The molecule has 0 heterocycles. The Labute approximate surface area is 125 Å². The minimum absolute atomic E-state index is 0.0126. The summed E-state index contributed by atoms with van der Waals surface area (Å²) < 4.78 is 32.2. The topological polar surface area (TPSA) is 55.4 Å². The summed E-state index contributed by atoms with van der Waals surface area (Å²) in [6.45, 7) is 0.191. The van der Waals surface area contributed by atoms with Crippen LogP contribution in [0.2, 0.25) is 5.02 Å². The summed E-state index contributed by atoms with van der Waals surface area (Å²) in [6.07, 6.45) is 0. The van der Waals surface area contributed by atoms with Gasteiger partial charge in [0.2, 0.25) is 10.0 Å². The van der Waals surface area contributed by atoms with Gasteiger partial charge in [0.05, 0.1) is 17.7 Å². The average molecular weight is 377 g/mol. The van der Waals surface area contributed by atoms with Gasteiger partial charge < -0.3 is 4.74 Å². The summed E-state index contributed by atoms with van der Waals surface area (Å²) in [5.41, 5.74) is 0. The molecular formula is C10H12BrCl2NO3S. The van der Waals surface area contributed by atoms with Crippen LogP contribution in [0.4, 0.5) is 0 Å². The third kappa shape index (κ3) is 4.36. The molecule has 0 aliphatic carbocycles. The van der Waals surface area contributed by atoms with E-state index in [1.807, 2.05) is 0 Å². The highest BCUT2D eigenvalue weighted by Crippen LogP contribution is 2.25. The van der Waals surface area contributed by atoms with Crippen LogP contribution >= 0.6 is 39.1 Å². The molecule has 0 aromatic heterocycles. The molecule has 0 fully saturated rings. The van der Waals surface area contributed by atoms with Crippen LogP contribution in [0.15, 0.2) is 27.6 Å². The van der Waals surface area contributed by atoms with Crippen LogP contribution in [-0.4, -0.2) is 34.1 Å². The van der Waals surface area contributed by atoms with E-state index in [-0.39, 0.29) is 22.4 Å². The first-order valence-electron chi connectivity index (χ1n) is 4.93. The Balaban J connectivity index is 2.99. The van der Waals surface area contributed by atoms with Gasteiger partial charge in [0, 0.05) is 17.5 Å². The van der Waals surface area contributed by atoms with E-state index in [0.29, 0.717) is 4.47 Å². The third-order valence-electron chi connectivity index (χ3n) is 2.06. The predicted molar refractivity (Wildman–Crippen MR) is 75.9 cm³/mol. The lowest BCUT2D eigenvalue weighted by Gasteiger charge is -2.15. The molecule has 0 saturated carbocycles. The van der Waals surface area contributed by atoms with Gasteiger partial charge in [0.25, 0.3) is 0 Å². The minimum atomic E-state index is -3.71. The quantitative estimate of drug-likeness (QED) is 0.776. The maximum atomic E-state index is 12.1. The highest BCUT2D eigenvalue weighted by molar-refractivity contribution is 9.10. The molecule has 102 valence electrons. The van der Waals surface area contributed by atoms with Crippen molar-refractivity contribution in [3.05, 3.63) is 27.7 Å². The fourth-order valence-corrected chi connectivity index (χ4v) is 3.80. The zero-order valence-corrected chi connectivity index (χ0v) is 13.4. The number of ether oxygens (including phenoxy) is 1. The van der Waals surface area contributed by atoms with Crippen molar-refractivity contribution in [2.24, 2.45) is 0 Å². The van der Waals surface area contributed by atoms with Crippen LogP contribution in [0.25, 0.3) is 0 Å². The van der Waals surface area contributed by atoms with Crippen molar-refractivity contribution in [1.29, 1.82) is 0 Å². The number of alkyl halides is 1. The zero-order valence-electron chi connectivity index (χ0n) is 9.49. The molecule has 0 amide bonds. The summed E-state index contributed by atoms with van der Waals surface area (Å²) >= 11 is 14.8. The van der Waals surface area contributed by atoms with Crippen molar-refractivity contribution in [3.63, 3.8) is 0 Å². The highest BCUT2D eigenvalue weighted by Gasteiger charge is 2.22. The molecule has 18 heavy (non-hydrogen) atoms. The van der Waals surface area contributed by atoms with Crippen molar-refractivity contribution in [2.75, 3.05) is 19.6 Å². The summed E-state index contributed by atoms with van der Waals surface area (Å²) in [4.78, 5) is 0.0126. The summed E-state index contributed by atoms with van der Waals surface area (Å²) in [7, 11) is -2.24. The Bertz CT molecular complexity index is 510. The maximum Gasteiger partial charge on any atom is 0.242 e. The lowest BCUT2D eigenvalue weighted by molar-refractivity contribution is 0.181. The van der Waals surface area contributed by atoms with E-state index in [1.165, 1.54) is 19.2 Å². The highest BCUT2D eigenvalue weighted by atomic mass is 79.9. The zero-order chi connectivity index (χ0) is 13.8. The van der Waals surface area contributed by atoms with Crippen molar-refractivity contribution in [2.45, 2.75) is 10.9 Å². The van der Waals surface area contributed by atoms with Crippen LogP contribution in [0.5, 0.6) is 0 Å². The first-order valence-corrected chi connectivity index (χ1v) is 8.12. The van der Waals surface area contributed by atoms with E-state index in [4.69, 9.17) is 27.9 Å². The Hall–Kier alpha value is 0.150. The largest absolute Gasteiger partial charge is 0.383 e. The van der Waals surface area contributed by atoms with Crippen molar-refractivity contribution >= 4 is 49.2 Å². The number of methoxy groups -OCH3 is 1. The number of hydrogen-bond acceptors (Lipinski definition) is 3. The molecule has 0 spiro atoms. The van der Waals surface area contributed by atoms with Crippen molar-refractivity contribution < 1.29 is 13.2 Å². The summed E-state index contributed by atoms with van der Waals surface area (Å²) in [6, 6.07) is 4.04. The molecule has 1 N–H and O–H groups in total. The Morgan fingerprint density at radius 2 is 2.17 bits per heavy atom. The second-order valence-corrected chi connectivity index (χ2v) is 6.82. The number of hydrogen-bond donors (Lipinski definition) is 1. The standard InChI is InChI=1S/C10H12BrCl2NO3S/c1-17-6-8(5-12)14-18(15,16)10-3-2-7(11)4-9(10)13/h2-4,8,14H,5-6H2,1H3. The van der Waals surface area contributed by atoms with Crippen LogP contribution < -0.4 is 4.72 Å². The van der Waals surface area contributed by atoms with Gasteiger partial charge in [-0.05, 0) is 18.2 Å². The van der Waals surface area contributed by atoms with E-state index in [2.05, 4.69) is 20.7 Å². The third-order valence-corrected chi connectivity index (χ3v) is 4.93. The van der Waals surface area contributed by atoms with Crippen LogP contribution in [0.3, 0.4) is 0 Å². The smallest absolute Gasteiger partial charge is 0.242 e. The molecule has 0 bridgehead atoms. The SMILES string of the molecule is COCC(CCl)NS(=O)(=O)c1ccc(Br)cc1Cl. The molecule has 1 unspecified atom stereocenters. The van der Waals surface area contributed by atoms with Gasteiger partial charge in [0.1, 0.15) is 4.90 Å². The van der Waals surface area contributed by atoms with E-state index >= 15 is 0 Å². The fourth-order valence-electron chi connectivity index (χ4n) is 1.29. The first-order chi connectivity index (χ1) is 8.40. The predicted octanol–water partition coefficient (Wildman–Crippen LogP) is 2.63. The Morgan fingerprint density at radius 1 is 1.50 bits per heavy atom. The molecule has 8 heteroatoms. The van der Waals surface area contributed by atoms with E-state index in [0.717, 1.165) is 0 Å². The number of nitrogens with one attached hydrogen (secondary N) is 1. The van der Waals surface area contributed by atoms with E-state index in [1.54, 1.807) is 6.07 Å². The summed E-state index contributed by atoms with van der Waals surface area (Å²) in [5.74, 6) is 0.112. The van der Waals surface area contributed by atoms with Gasteiger partial charge >= 0.3 is 0 Å². The lowest BCUT2D eigenvalue weighted by atomic mass is 10.4. The van der Waals surface area contributed by atoms with E-state index < -0.39 is 16.1 Å². The molecule has 0 radical (unpaired) electrons. The van der Waals surface area contributed by atoms with Crippen LogP contribution in [-0.2, 0) is 14.8 Å². The monoisotopic (exact) mass is 375 g/mol. The van der Waals surface area contributed by atoms with Gasteiger partial charge in [-0.15, -0.1) is 11.6 Å². The molecule has 0 aliphatic heterocycles. The first kappa shape index (κ1) is 16.2. The fraction of sp³-hybridized carbons (Fsp3) is 0.400. The van der Waals surface area contributed by atoms with Crippen LogP contribution in [0, 0.1) is 0 Å². The lowest BCUT2D eigenvalue weighted by Crippen LogP contribution is -2.39. The van der Waals surface area contributed by atoms with Gasteiger partial charge in [-0.3, -0.25) is 0 Å². The molecule has 1 aromatic carbocycles. The van der Waals surface area contributed by atoms with Gasteiger partial charge in [-0.25, -0.2) is 13.1 Å². The number of sulfonamides is 1. The van der Waals surface area contributed by atoms with Gasteiger partial charge in [0.15, 0.2) is 0 Å². The second kappa shape index (κ2) is 7.07. The Morgan fingerprint density at radius 3 is 2.67 bits per heavy atom. The molecular weight excluding hydrogens is 365 g/mol. The molecule has 1 aromatic rings. The number of rotatable bonds is 6. The molecule has 1 rings (SSSR count). The Kier molecular flexibility index (Phi) is 6.37. The van der Waals surface area contributed by atoms with E-state index in [9.17, 15) is 8.42 Å². The minimum Gasteiger partial charge on any atom is -0.383 e. The maximum absolute atomic E-state index is 12.1. The molecule has 0 saturated heterocycles. The van der Waals surface area contributed by atoms with Crippen LogP contribution in [0.1, 0.15) is 0 Å². The number of halogens is 3. The average Bonchev–Trinajstić information content (AvgIpc) is 2.27. The van der Waals surface area contributed by atoms with Crippen molar-refractivity contribution in [1.82, 2.24) is 4.72 Å². The van der Waals surface area contributed by atoms with Crippen molar-refractivity contribution in [3.8, 4) is 0 Å². The second-order valence-electron chi connectivity index (χ2n) is 3.50. The van der Waals surface area contributed by atoms with Gasteiger partial charge in [-0.1, -0.05) is 27.5 Å². The summed E-state index contributed by atoms with van der Waals surface area (Å²) in [5, 5.41) is 0.141. The molecule has 4 nitrogen and oxygen atoms in total. The normalized spacial score (nSPS) is 13.6. The number of benzene rings is 1.